The molecule has 0 bridgehead atoms. The van der Waals surface area contributed by atoms with E-state index in [1.54, 1.807) is 24.3 Å². The monoisotopic (exact) mass is 392 g/mol. The Morgan fingerprint density at radius 3 is 2.78 bits per heavy atom. The molecule has 0 atom stereocenters. The number of fused-ring (bicyclic) bond motifs is 1. The van der Waals surface area contributed by atoms with Crippen LogP contribution >= 0.6 is 11.3 Å². The predicted octanol–water partition coefficient (Wildman–Crippen LogP) is 3.77. The van der Waals surface area contributed by atoms with Gasteiger partial charge >= 0.3 is 0 Å². The van der Waals surface area contributed by atoms with Crippen molar-refractivity contribution >= 4 is 27.5 Å². The Labute approximate surface area is 158 Å². The summed E-state index contributed by atoms with van der Waals surface area (Å²) < 4.78 is 40.4. The fraction of sp³-hybridized carbons (Fsp3) is 0.263. The van der Waals surface area contributed by atoms with Gasteiger partial charge in [-0.1, -0.05) is 23.5 Å². The van der Waals surface area contributed by atoms with E-state index in [4.69, 9.17) is 9.47 Å². The Bertz CT molecular complexity index is 1040. The Kier molecular flexibility index (Phi) is 5.98. The first-order valence-corrected chi connectivity index (χ1v) is 9.15. The Morgan fingerprint density at radius 2 is 2.04 bits per heavy atom. The topological polar surface area (TPSA) is 52.8 Å². The number of methoxy groups -OCH3 is 1. The molecule has 0 N–H and O–H groups in total. The quantitative estimate of drug-likeness (QED) is 0.600. The van der Waals surface area contributed by atoms with Crippen LogP contribution in [0.4, 0.5) is 8.78 Å². The molecule has 8 heteroatoms. The molecule has 0 spiro atoms. The van der Waals surface area contributed by atoms with Crippen molar-refractivity contribution in [2.24, 2.45) is 4.99 Å². The maximum atomic E-state index is 14.4. The molecule has 0 saturated carbocycles. The van der Waals surface area contributed by atoms with Crippen LogP contribution in [0.15, 0.2) is 41.4 Å². The number of carbonyl (C=O) groups is 1. The van der Waals surface area contributed by atoms with Crippen molar-refractivity contribution in [1.82, 2.24) is 4.57 Å². The van der Waals surface area contributed by atoms with Gasteiger partial charge in [0.1, 0.15) is 11.6 Å². The summed E-state index contributed by atoms with van der Waals surface area (Å²) in [6, 6.07) is 8.75. The third-order valence-electron chi connectivity index (χ3n) is 3.89. The molecular formula is C19H18F2N2O3S. The fourth-order valence-corrected chi connectivity index (χ4v) is 3.78. The van der Waals surface area contributed by atoms with Crippen molar-refractivity contribution in [3.63, 3.8) is 0 Å². The van der Waals surface area contributed by atoms with Gasteiger partial charge < -0.3 is 14.0 Å². The highest BCUT2D eigenvalue weighted by atomic mass is 32.1. The van der Waals surface area contributed by atoms with Crippen molar-refractivity contribution in [2.75, 3.05) is 20.3 Å². The van der Waals surface area contributed by atoms with Crippen LogP contribution in [0.5, 0.6) is 5.75 Å². The molecule has 0 aliphatic rings. The van der Waals surface area contributed by atoms with Crippen molar-refractivity contribution in [3.05, 3.63) is 58.4 Å². The molecule has 3 aromatic rings. The van der Waals surface area contributed by atoms with E-state index < -0.39 is 17.5 Å². The summed E-state index contributed by atoms with van der Waals surface area (Å²) in [5.41, 5.74) is 0.494. The Balaban J connectivity index is 2.14. The molecule has 1 amide bonds. The molecule has 142 valence electrons. The van der Waals surface area contributed by atoms with E-state index in [9.17, 15) is 13.6 Å². The van der Waals surface area contributed by atoms with E-state index in [0.717, 1.165) is 17.4 Å². The highest BCUT2D eigenvalue weighted by Gasteiger charge is 2.16. The molecule has 0 radical (unpaired) electrons. The van der Waals surface area contributed by atoms with Gasteiger partial charge in [0.15, 0.2) is 10.6 Å². The zero-order chi connectivity index (χ0) is 19.4. The zero-order valence-electron chi connectivity index (χ0n) is 14.9. The summed E-state index contributed by atoms with van der Waals surface area (Å²) in [5.74, 6) is -1.51. The molecule has 1 heterocycles. The summed E-state index contributed by atoms with van der Waals surface area (Å²) in [5, 5.41) is 0. The number of nitrogens with zero attached hydrogens (tertiary/aromatic N) is 2. The Hall–Kier alpha value is -2.58. The van der Waals surface area contributed by atoms with Gasteiger partial charge in [0.05, 0.1) is 29.5 Å². The first kappa shape index (κ1) is 19.2. The molecule has 5 nitrogen and oxygen atoms in total. The molecule has 0 aliphatic carbocycles. The van der Waals surface area contributed by atoms with Crippen molar-refractivity contribution in [1.29, 1.82) is 0 Å². The molecule has 0 saturated heterocycles. The number of amides is 1. The minimum absolute atomic E-state index is 0.202. The number of para-hydroxylation sites is 1. The van der Waals surface area contributed by atoms with Crippen LogP contribution in [0.2, 0.25) is 0 Å². The number of carbonyl (C=O) groups excluding carboxylic acids is 1. The predicted molar refractivity (Wildman–Crippen MR) is 99.1 cm³/mol. The normalized spacial score (nSPS) is 11.9. The standard InChI is InChI=1S/C19H18F2N2O3S/c1-3-26-9-8-23-17-14(21)10-12(20)11-16(17)27-19(23)22-18(24)13-6-4-5-7-15(13)25-2/h4-7,10-11H,3,8-9H2,1-2H3. The average molecular weight is 392 g/mol. The lowest BCUT2D eigenvalue weighted by atomic mass is 10.2. The molecule has 3 rings (SSSR count). The van der Waals surface area contributed by atoms with Gasteiger partial charge in [0, 0.05) is 19.2 Å². The van der Waals surface area contributed by atoms with Crippen LogP contribution in [-0.4, -0.2) is 30.8 Å². The zero-order valence-corrected chi connectivity index (χ0v) is 15.7. The third kappa shape index (κ3) is 4.06. The number of thiazole rings is 1. The van der Waals surface area contributed by atoms with E-state index in [-0.39, 0.29) is 16.9 Å². The summed E-state index contributed by atoms with van der Waals surface area (Å²) in [6.45, 7) is 2.96. The minimum atomic E-state index is -0.705. The number of aromatic nitrogens is 1. The van der Waals surface area contributed by atoms with Gasteiger partial charge in [-0.3, -0.25) is 4.79 Å². The smallest absolute Gasteiger partial charge is 0.283 e. The minimum Gasteiger partial charge on any atom is -0.496 e. The number of rotatable bonds is 6. The highest BCUT2D eigenvalue weighted by Crippen LogP contribution is 2.23. The van der Waals surface area contributed by atoms with Crippen LogP contribution in [0.1, 0.15) is 17.3 Å². The lowest BCUT2D eigenvalue weighted by Gasteiger charge is -2.07. The lowest BCUT2D eigenvalue weighted by molar-refractivity contribution is 0.0993. The van der Waals surface area contributed by atoms with Crippen LogP contribution in [0, 0.1) is 11.6 Å². The summed E-state index contributed by atoms with van der Waals surface area (Å²) in [6.07, 6.45) is 0. The number of ether oxygens (including phenoxy) is 2. The van der Waals surface area contributed by atoms with E-state index in [2.05, 4.69) is 4.99 Å². The van der Waals surface area contributed by atoms with Crippen molar-refractivity contribution in [2.45, 2.75) is 13.5 Å². The lowest BCUT2D eigenvalue weighted by Crippen LogP contribution is -2.20. The largest absolute Gasteiger partial charge is 0.496 e. The Morgan fingerprint density at radius 1 is 1.26 bits per heavy atom. The molecule has 27 heavy (non-hydrogen) atoms. The maximum Gasteiger partial charge on any atom is 0.283 e. The van der Waals surface area contributed by atoms with Crippen molar-refractivity contribution in [3.8, 4) is 5.75 Å². The SMILES string of the molecule is CCOCCn1c(=NC(=O)c2ccccc2OC)sc2cc(F)cc(F)c21. The van der Waals surface area contributed by atoms with Crippen LogP contribution in [-0.2, 0) is 11.3 Å². The van der Waals surface area contributed by atoms with Crippen LogP contribution in [0.3, 0.4) is 0 Å². The molecule has 1 aromatic heterocycles. The van der Waals surface area contributed by atoms with Gasteiger partial charge in [-0.2, -0.15) is 4.99 Å². The van der Waals surface area contributed by atoms with Crippen LogP contribution in [0.25, 0.3) is 10.2 Å². The van der Waals surface area contributed by atoms with Gasteiger partial charge in [0.25, 0.3) is 5.91 Å². The number of hydrogen-bond donors (Lipinski definition) is 0. The van der Waals surface area contributed by atoms with Crippen molar-refractivity contribution < 1.29 is 23.0 Å². The van der Waals surface area contributed by atoms with Gasteiger partial charge in [-0.05, 0) is 25.1 Å². The molecule has 0 aliphatic heterocycles. The third-order valence-corrected chi connectivity index (χ3v) is 4.92. The molecule has 0 fully saturated rings. The van der Waals surface area contributed by atoms with E-state index in [1.807, 2.05) is 6.92 Å². The fourth-order valence-electron chi connectivity index (χ4n) is 2.69. The molecular weight excluding hydrogens is 374 g/mol. The second kappa shape index (κ2) is 8.41. The van der Waals surface area contributed by atoms with E-state index in [0.29, 0.717) is 29.2 Å². The average Bonchev–Trinajstić information content (AvgIpc) is 2.99. The first-order chi connectivity index (χ1) is 13.0. The summed E-state index contributed by atoms with van der Waals surface area (Å²) in [4.78, 5) is 17.1. The van der Waals surface area contributed by atoms with Gasteiger partial charge in [-0.15, -0.1) is 0 Å². The van der Waals surface area contributed by atoms with E-state index in [1.165, 1.54) is 17.7 Å². The molecule has 2 aromatic carbocycles. The van der Waals surface area contributed by atoms with Gasteiger partial charge in [0.2, 0.25) is 0 Å². The number of benzene rings is 2. The second-order valence-electron chi connectivity index (χ2n) is 5.58. The summed E-state index contributed by atoms with van der Waals surface area (Å²) in [7, 11) is 1.46. The van der Waals surface area contributed by atoms with Crippen LogP contribution < -0.4 is 9.54 Å². The second-order valence-corrected chi connectivity index (χ2v) is 6.59. The van der Waals surface area contributed by atoms with Gasteiger partial charge in [-0.25, -0.2) is 8.78 Å². The molecule has 0 unspecified atom stereocenters. The maximum absolute atomic E-state index is 14.4. The number of halogens is 2. The van der Waals surface area contributed by atoms with E-state index >= 15 is 0 Å². The highest BCUT2D eigenvalue weighted by molar-refractivity contribution is 7.16. The summed E-state index contributed by atoms with van der Waals surface area (Å²) >= 11 is 1.05. The number of hydrogen-bond acceptors (Lipinski definition) is 4. The first-order valence-electron chi connectivity index (χ1n) is 8.33.